The molecule has 15 heavy (non-hydrogen) atoms. The largest absolute Gasteiger partial charge is 0.493 e. The first-order chi connectivity index (χ1) is 7.25. The van der Waals surface area contributed by atoms with Crippen molar-refractivity contribution in [1.29, 1.82) is 0 Å². The Morgan fingerprint density at radius 3 is 2.93 bits per heavy atom. The van der Waals surface area contributed by atoms with Gasteiger partial charge in [-0.25, -0.2) is 4.79 Å². The Hall–Kier alpha value is -1.55. The van der Waals surface area contributed by atoms with E-state index in [4.69, 9.17) is 14.6 Å². The first-order valence-electron chi connectivity index (χ1n) is 4.79. The molecule has 1 N–H and O–H groups in total. The average Bonchev–Trinajstić information content (AvgIpc) is 2.16. The summed E-state index contributed by atoms with van der Waals surface area (Å²) in [6.07, 6.45) is 0. The molecule has 2 rings (SSSR count). The fourth-order valence-electron chi connectivity index (χ4n) is 1.31. The zero-order chi connectivity index (χ0) is 10.7. The van der Waals surface area contributed by atoms with Gasteiger partial charge < -0.3 is 14.6 Å². The minimum atomic E-state index is -0.938. The second-order valence-corrected chi connectivity index (χ2v) is 3.55. The van der Waals surface area contributed by atoms with Crippen LogP contribution in [-0.2, 0) is 4.74 Å². The second kappa shape index (κ2) is 4.31. The van der Waals surface area contributed by atoms with Crippen LogP contribution in [-0.4, -0.2) is 30.9 Å². The van der Waals surface area contributed by atoms with Crippen molar-refractivity contribution < 1.29 is 19.4 Å². The lowest BCUT2D eigenvalue weighted by Crippen LogP contribution is -2.32. The first kappa shape index (κ1) is 9.98. The zero-order valence-corrected chi connectivity index (χ0v) is 8.18. The quantitative estimate of drug-likeness (QED) is 0.812. The van der Waals surface area contributed by atoms with Crippen LogP contribution in [0.25, 0.3) is 0 Å². The number of rotatable bonds is 4. The molecule has 0 radical (unpaired) electrons. The maximum atomic E-state index is 10.7. The molecule has 1 aliphatic rings. The highest BCUT2D eigenvalue weighted by Gasteiger charge is 2.18. The maximum absolute atomic E-state index is 10.7. The molecule has 1 aromatic rings. The fraction of sp³-hybridized carbons (Fsp3) is 0.364. The number of carboxylic acids is 1. The summed E-state index contributed by atoms with van der Waals surface area (Å²) >= 11 is 0. The minimum absolute atomic E-state index is 0.248. The van der Waals surface area contributed by atoms with Gasteiger partial charge in [0.2, 0.25) is 0 Å². The van der Waals surface area contributed by atoms with E-state index in [2.05, 4.69) is 0 Å². The van der Waals surface area contributed by atoms with Crippen LogP contribution in [0, 0.1) is 5.92 Å². The van der Waals surface area contributed by atoms with Crippen molar-refractivity contribution in [3.63, 3.8) is 0 Å². The van der Waals surface area contributed by atoms with Crippen molar-refractivity contribution in [2.24, 2.45) is 5.92 Å². The highest BCUT2D eigenvalue weighted by atomic mass is 16.5. The monoisotopic (exact) mass is 208 g/mol. The summed E-state index contributed by atoms with van der Waals surface area (Å²) in [5.74, 6) is 0.104. The van der Waals surface area contributed by atoms with Crippen molar-refractivity contribution in [1.82, 2.24) is 0 Å². The van der Waals surface area contributed by atoms with E-state index < -0.39 is 5.97 Å². The predicted octanol–water partition coefficient (Wildman–Crippen LogP) is 1.41. The summed E-state index contributed by atoms with van der Waals surface area (Å²) < 4.78 is 10.5. The molecular formula is C11H12O4. The van der Waals surface area contributed by atoms with E-state index in [0.29, 0.717) is 18.3 Å². The summed E-state index contributed by atoms with van der Waals surface area (Å²) in [7, 11) is 0. The van der Waals surface area contributed by atoms with Crippen LogP contribution < -0.4 is 4.74 Å². The van der Waals surface area contributed by atoms with Gasteiger partial charge in [-0.1, -0.05) is 6.07 Å². The van der Waals surface area contributed by atoms with Crippen molar-refractivity contribution in [3.8, 4) is 5.75 Å². The Morgan fingerprint density at radius 2 is 2.33 bits per heavy atom. The molecule has 1 aliphatic heterocycles. The third kappa shape index (κ3) is 2.47. The normalized spacial score (nSPS) is 15.7. The molecule has 80 valence electrons. The van der Waals surface area contributed by atoms with Gasteiger partial charge in [-0.15, -0.1) is 0 Å². The molecule has 0 unspecified atom stereocenters. The molecule has 0 bridgehead atoms. The molecule has 1 saturated heterocycles. The summed E-state index contributed by atoms with van der Waals surface area (Å²) in [5.41, 5.74) is 0.248. The van der Waals surface area contributed by atoms with Gasteiger partial charge in [0, 0.05) is 5.92 Å². The van der Waals surface area contributed by atoms with E-state index in [-0.39, 0.29) is 5.56 Å². The molecule has 0 amide bonds. The van der Waals surface area contributed by atoms with E-state index in [0.717, 1.165) is 13.2 Å². The van der Waals surface area contributed by atoms with Gasteiger partial charge >= 0.3 is 5.97 Å². The molecule has 1 fully saturated rings. The SMILES string of the molecule is O=C(O)c1cccc(OCC2COC2)c1. The topological polar surface area (TPSA) is 55.8 Å². The lowest BCUT2D eigenvalue weighted by molar-refractivity contribution is -0.0508. The van der Waals surface area contributed by atoms with Crippen LogP contribution in [0.3, 0.4) is 0 Å². The molecule has 1 heterocycles. The summed E-state index contributed by atoms with van der Waals surface area (Å²) in [6.45, 7) is 2.06. The molecular weight excluding hydrogens is 196 g/mol. The second-order valence-electron chi connectivity index (χ2n) is 3.55. The van der Waals surface area contributed by atoms with Gasteiger partial charge in [-0.2, -0.15) is 0 Å². The summed E-state index contributed by atoms with van der Waals surface area (Å²) in [4.78, 5) is 10.7. The third-order valence-corrected chi connectivity index (χ3v) is 2.27. The molecule has 0 aromatic heterocycles. The lowest BCUT2D eigenvalue weighted by atomic mass is 10.1. The molecule has 0 atom stereocenters. The molecule has 0 spiro atoms. The molecule has 4 nitrogen and oxygen atoms in total. The van der Waals surface area contributed by atoms with E-state index in [1.165, 1.54) is 6.07 Å². The van der Waals surface area contributed by atoms with Crippen LogP contribution in [0.1, 0.15) is 10.4 Å². The fourth-order valence-corrected chi connectivity index (χ4v) is 1.31. The van der Waals surface area contributed by atoms with E-state index in [1.807, 2.05) is 0 Å². The van der Waals surface area contributed by atoms with Crippen LogP contribution in [0.2, 0.25) is 0 Å². The Morgan fingerprint density at radius 1 is 1.53 bits per heavy atom. The Labute approximate surface area is 87.4 Å². The molecule has 1 aromatic carbocycles. The minimum Gasteiger partial charge on any atom is -0.493 e. The lowest BCUT2D eigenvalue weighted by Gasteiger charge is -2.25. The number of benzene rings is 1. The highest BCUT2D eigenvalue weighted by Crippen LogP contribution is 2.16. The molecule has 4 heteroatoms. The summed E-state index contributed by atoms with van der Waals surface area (Å²) in [5, 5.41) is 8.77. The number of aromatic carboxylic acids is 1. The summed E-state index contributed by atoms with van der Waals surface area (Å²) in [6, 6.07) is 6.51. The number of carboxylic acid groups (broad SMARTS) is 1. The van der Waals surface area contributed by atoms with E-state index in [1.54, 1.807) is 18.2 Å². The number of hydrogen-bond acceptors (Lipinski definition) is 3. The number of carbonyl (C=O) groups is 1. The highest BCUT2D eigenvalue weighted by molar-refractivity contribution is 5.87. The smallest absolute Gasteiger partial charge is 0.335 e. The van der Waals surface area contributed by atoms with Gasteiger partial charge in [0.15, 0.2) is 0 Å². The van der Waals surface area contributed by atoms with Crippen molar-refractivity contribution in [3.05, 3.63) is 29.8 Å². The Kier molecular flexibility index (Phi) is 2.87. The Bertz CT molecular complexity index is 357. The van der Waals surface area contributed by atoms with E-state index >= 15 is 0 Å². The zero-order valence-electron chi connectivity index (χ0n) is 8.18. The molecule has 0 aliphatic carbocycles. The van der Waals surface area contributed by atoms with Crippen molar-refractivity contribution in [2.75, 3.05) is 19.8 Å². The average molecular weight is 208 g/mol. The predicted molar refractivity (Wildman–Crippen MR) is 53.2 cm³/mol. The van der Waals surface area contributed by atoms with Gasteiger partial charge in [0.1, 0.15) is 5.75 Å². The van der Waals surface area contributed by atoms with Crippen molar-refractivity contribution >= 4 is 5.97 Å². The van der Waals surface area contributed by atoms with Gasteiger partial charge in [-0.05, 0) is 18.2 Å². The third-order valence-electron chi connectivity index (χ3n) is 2.27. The standard InChI is InChI=1S/C11H12O4/c12-11(13)9-2-1-3-10(4-9)15-7-8-5-14-6-8/h1-4,8H,5-7H2,(H,12,13). The maximum Gasteiger partial charge on any atom is 0.335 e. The Balaban J connectivity index is 1.94. The van der Waals surface area contributed by atoms with Crippen LogP contribution in [0.4, 0.5) is 0 Å². The number of ether oxygens (including phenoxy) is 2. The van der Waals surface area contributed by atoms with Gasteiger partial charge in [0.25, 0.3) is 0 Å². The first-order valence-corrected chi connectivity index (χ1v) is 4.79. The van der Waals surface area contributed by atoms with E-state index in [9.17, 15) is 4.79 Å². The van der Waals surface area contributed by atoms with Crippen molar-refractivity contribution in [2.45, 2.75) is 0 Å². The van der Waals surface area contributed by atoms with Gasteiger partial charge in [-0.3, -0.25) is 0 Å². The van der Waals surface area contributed by atoms with Crippen LogP contribution >= 0.6 is 0 Å². The van der Waals surface area contributed by atoms with Gasteiger partial charge in [0.05, 0.1) is 25.4 Å². The molecule has 0 saturated carbocycles. The van der Waals surface area contributed by atoms with Crippen LogP contribution in [0.15, 0.2) is 24.3 Å². The number of hydrogen-bond donors (Lipinski definition) is 1. The van der Waals surface area contributed by atoms with Crippen LogP contribution in [0.5, 0.6) is 5.75 Å².